The summed E-state index contributed by atoms with van der Waals surface area (Å²) in [6.07, 6.45) is -0.754. The zero-order valence-electron chi connectivity index (χ0n) is 19.2. The van der Waals surface area contributed by atoms with Crippen LogP contribution in [0.25, 0.3) is 11.0 Å². The number of ether oxygens (including phenoxy) is 2. The Morgan fingerprint density at radius 3 is 2.56 bits per heavy atom. The molecule has 186 valence electrons. The average Bonchev–Trinajstić information content (AvgIpc) is 3.15. The molecule has 1 aliphatic heterocycles. The third-order valence-corrected chi connectivity index (χ3v) is 7.74. The second-order valence-electron chi connectivity index (χ2n) is 8.43. The SMILES string of the molecule is Cc1ccc(S(=O)(=O)n2c(C)nc3c(O[C@H]4CCOc5cc(F)cc(F)c54)cc(C(=O)O)cc32)cc1. The van der Waals surface area contributed by atoms with Crippen molar-refractivity contribution in [1.29, 1.82) is 0 Å². The lowest BCUT2D eigenvalue weighted by molar-refractivity contribution is 0.0695. The largest absolute Gasteiger partial charge is 0.493 e. The molecule has 0 bridgehead atoms. The van der Waals surface area contributed by atoms with Crippen LogP contribution in [0.15, 0.2) is 53.4 Å². The lowest BCUT2D eigenvalue weighted by atomic mass is 10.0. The van der Waals surface area contributed by atoms with E-state index in [4.69, 9.17) is 9.47 Å². The lowest BCUT2D eigenvalue weighted by Gasteiger charge is -2.27. The fourth-order valence-electron chi connectivity index (χ4n) is 4.26. The quantitative estimate of drug-likeness (QED) is 0.409. The van der Waals surface area contributed by atoms with Crippen LogP contribution in [0, 0.1) is 25.5 Å². The molecule has 1 atom stereocenters. The van der Waals surface area contributed by atoms with Crippen molar-refractivity contribution in [2.24, 2.45) is 0 Å². The molecule has 11 heteroatoms. The normalized spacial score (nSPS) is 15.4. The van der Waals surface area contributed by atoms with E-state index in [0.717, 1.165) is 15.6 Å². The molecule has 4 aromatic rings. The number of hydrogen-bond donors (Lipinski definition) is 1. The number of carbonyl (C=O) groups is 1. The van der Waals surface area contributed by atoms with Crippen molar-refractivity contribution in [1.82, 2.24) is 8.96 Å². The lowest BCUT2D eigenvalue weighted by Crippen LogP contribution is -2.21. The summed E-state index contributed by atoms with van der Waals surface area (Å²) < 4.78 is 67.7. The van der Waals surface area contributed by atoms with Gasteiger partial charge in [-0.15, -0.1) is 0 Å². The molecule has 0 fully saturated rings. The number of aromatic carboxylic acids is 1. The van der Waals surface area contributed by atoms with Gasteiger partial charge >= 0.3 is 5.97 Å². The Balaban J connectivity index is 1.68. The second kappa shape index (κ2) is 8.59. The fraction of sp³-hybridized carbons (Fsp3) is 0.200. The molecule has 1 N–H and O–H groups in total. The van der Waals surface area contributed by atoms with Crippen molar-refractivity contribution >= 4 is 27.0 Å². The van der Waals surface area contributed by atoms with E-state index < -0.39 is 33.7 Å². The molecule has 3 aromatic carbocycles. The summed E-state index contributed by atoms with van der Waals surface area (Å²) in [5.74, 6) is -2.98. The molecule has 8 nitrogen and oxygen atoms in total. The van der Waals surface area contributed by atoms with E-state index in [1.165, 1.54) is 31.2 Å². The molecule has 0 unspecified atom stereocenters. The summed E-state index contributed by atoms with van der Waals surface area (Å²) in [4.78, 5) is 16.3. The first kappa shape index (κ1) is 23.7. The second-order valence-corrected chi connectivity index (χ2v) is 10.2. The van der Waals surface area contributed by atoms with E-state index in [9.17, 15) is 27.1 Å². The summed E-state index contributed by atoms with van der Waals surface area (Å²) >= 11 is 0. The third kappa shape index (κ3) is 3.95. The van der Waals surface area contributed by atoms with Gasteiger partial charge in [-0.05, 0) is 38.1 Å². The van der Waals surface area contributed by atoms with Crippen molar-refractivity contribution in [3.63, 3.8) is 0 Å². The summed E-state index contributed by atoms with van der Waals surface area (Å²) in [5, 5.41) is 9.70. The Bertz CT molecular complexity index is 1630. The van der Waals surface area contributed by atoms with E-state index in [-0.39, 0.29) is 57.4 Å². The van der Waals surface area contributed by atoms with Crippen LogP contribution in [0.3, 0.4) is 0 Å². The Labute approximate surface area is 204 Å². The van der Waals surface area contributed by atoms with Crippen molar-refractivity contribution in [3.8, 4) is 11.5 Å². The Kier molecular flexibility index (Phi) is 5.67. The van der Waals surface area contributed by atoms with E-state index in [0.29, 0.717) is 6.07 Å². The first-order valence-corrected chi connectivity index (χ1v) is 12.4. The fourth-order valence-corrected chi connectivity index (χ4v) is 5.74. The molecule has 0 spiro atoms. The molecule has 1 aromatic heterocycles. The molecule has 2 heterocycles. The number of carboxylic acids is 1. The van der Waals surface area contributed by atoms with E-state index in [1.54, 1.807) is 12.1 Å². The van der Waals surface area contributed by atoms with Gasteiger partial charge < -0.3 is 14.6 Å². The van der Waals surface area contributed by atoms with Gasteiger partial charge in [0.15, 0.2) is 0 Å². The number of rotatable bonds is 5. The molecule has 0 radical (unpaired) electrons. The molecule has 0 amide bonds. The Morgan fingerprint density at radius 1 is 1.14 bits per heavy atom. The van der Waals surface area contributed by atoms with E-state index in [2.05, 4.69) is 4.98 Å². The van der Waals surface area contributed by atoms with Crippen molar-refractivity contribution in [2.45, 2.75) is 31.3 Å². The van der Waals surface area contributed by atoms with Gasteiger partial charge in [-0.1, -0.05) is 17.7 Å². The van der Waals surface area contributed by atoms with Crippen LogP contribution >= 0.6 is 0 Å². The molecule has 36 heavy (non-hydrogen) atoms. The topological polar surface area (TPSA) is 108 Å². The summed E-state index contributed by atoms with van der Waals surface area (Å²) in [7, 11) is -4.14. The highest BCUT2D eigenvalue weighted by atomic mass is 32.2. The van der Waals surface area contributed by atoms with Crippen molar-refractivity contribution in [3.05, 3.63) is 82.7 Å². The number of benzene rings is 3. The van der Waals surface area contributed by atoms with Gasteiger partial charge in [0.2, 0.25) is 0 Å². The van der Waals surface area contributed by atoms with Crippen LogP contribution in [0.1, 0.15) is 39.8 Å². The number of aromatic nitrogens is 2. The van der Waals surface area contributed by atoms with E-state index in [1.807, 2.05) is 6.92 Å². The zero-order chi connectivity index (χ0) is 25.8. The van der Waals surface area contributed by atoms with Gasteiger partial charge in [-0.3, -0.25) is 0 Å². The van der Waals surface area contributed by atoms with Gasteiger partial charge in [-0.2, -0.15) is 0 Å². The van der Waals surface area contributed by atoms with Gasteiger partial charge in [0, 0.05) is 18.6 Å². The van der Waals surface area contributed by atoms with Crippen LogP contribution < -0.4 is 9.47 Å². The molecule has 1 aliphatic rings. The number of imidazole rings is 1. The monoisotopic (exact) mass is 514 g/mol. The Hall–Kier alpha value is -3.99. The smallest absolute Gasteiger partial charge is 0.335 e. The van der Waals surface area contributed by atoms with Gasteiger partial charge in [0.1, 0.15) is 40.6 Å². The van der Waals surface area contributed by atoms with Crippen LogP contribution in [0.4, 0.5) is 8.78 Å². The first-order chi connectivity index (χ1) is 17.1. The predicted molar refractivity (Wildman–Crippen MR) is 125 cm³/mol. The van der Waals surface area contributed by atoms with Crippen LogP contribution in [0.2, 0.25) is 0 Å². The molecular formula is C25H20F2N2O6S. The maximum Gasteiger partial charge on any atom is 0.335 e. The number of hydrogen-bond acceptors (Lipinski definition) is 6. The van der Waals surface area contributed by atoms with Gasteiger partial charge in [0.25, 0.3) is 10.0 Å². The van der Waals surface area contributed by atoms with Crippen LogP contribution in [0.5, 0.6) is 11.5 Å². The van der Waals surface area contributed by atoms with Crippen molar-refractivity contribution < 1.29 is 36.6 Å². The molecule has 5 rings (SSSR count). The maximum absolute atomic E-state index is 14.7. The molecule has 0 saturated heterocycles. The van der Waals surface area contributed by atoms with Gasteiger partial charge in [0.05, 0.1) is 28.1 Å². The highest BCUT2D eigenvalue weighted by Crippen LogP contribution is 2.40. The predicted octanol–water partition coefficient (Wildman–Crippen LogP) is 4.77. The van der Waals surface area contributed by atoms with Crippen LogP contribution in [-0.2, 0) is 10.0 Å². The number of aryl methyl sites for hydroxylation is 2. The third-order valence-electron chi connectivity index (χ3n) is 5.93. The minimum Gasteiger partial charge on any atom is -0.493 e. The molecular weight excluding hydrogens is 494 g/mol. The summed E-state index contributed by atoms with van der Waals surface area (Å²) in [6.45, 7) is 3.41. The van der Waals surface area contributed by atoms with E-state index >= 15 is 0 Å². The highest BCUT2D eigenvalue weighted by molar-refractivity contribution is 7.90. The summed E-state index contributed by atoms with van der Waals surface area (Å²) in [5.41, 5.74) is 0.692. The maximum atomic E-state index is 14.7. The molecule has 0 aliphatic carbocycles. The standard InChI is InChI=1S/C25H20F2N2O6S/c1-13-3-5-17(6-4-13)36(32,33)29-14(2)28-24-19(29)9-15(25(30)31)10-22(24)35-20-7-8-34-21-12-16(26)11-18(27)23(20)21/h3-6,9-12,20H,7-8H2,1-2H3,(H,30,31)/t20-/m0/s1. The number of carboxylic acid groups (broad SMARTS) is 1. The molecule has 0 saturated carbocycles. The summed E-state index contributed by atoms with van der Waals surface area (Å²) in [6, 6.07) is 10.4. The minimum absolute atomic E-state index is 0.00107. The van der Waals surface area contributed by atoms with Crippen molar-refractivity contribution in [2.75, 3.05) is 6.61 Å². The number of nitrogens with zero attached hydrogens (tertiary/aromatic N) is 2. The van der Waals surface area contributed by atoms with Gasteiger partial charge in [-0.25, -0.2) is 30.9 Å². The average molecular weight is 515 g/mol. The number of halogens is 2. The Morgan fingerprint density at radius 2 is 1.86 bits per heavy atom. The highest BCUT2D eigenvalue weighted by Gasteiger charge is 2.31. The first-order valence-electron chi connectivity index (χ1n) is 10.9. The van der Waals surface area contributed by atoms with Crippen LogP contribution in [-0.4, -0.2) is 35.1 Å². The number of fused-ring (bicyclic) bond motifs is 2. The zero-order valence-corrected chi connectivity index (χ0v) is 20.0. The minimum atomic E-state index is -4.14.